The van der Waals surface area contributed by atoms with Gasteiger partial charge in [-0.2, -0.15) is 0 Å². The van der Waals surface area contributed by atoms with E-state index in [0.717, 1.165) is 27.7 Å². The smallest absolute Gasteiger partial charge is 0.255 e. The van der Waals surface area contributed by atoms with Crippen LogP contribution in [0.3, 0.4) is 0 Å². The number of aryl methyl sites for hydroxylation is 2. The molecule has 0 aliphatic carbocycles. The van der Waals surface area contributed by atoms with Crippen molar-refractivity contribution < 1.29 is 14.4 Å². The van der Waals surface area contributed by atoms with Gasteiger partial charge < -0.3 is 15.5 Å². The number of nitrogens with zero attached hydrogens (tertiary/aromatic N) is 2. The van der Waals surface area contributed by atoms with Crippen LogP contribution in [0.2, 0.25) is 0 Å². The van der Waals surface area contributed by atoms with E-state index in [0.29, 0.717) is 18.7 Å². The van der Waals surface area contributed by atoms with E-state index >= 15 is 0 Å². The topological polar surface area (TPSA) is 91.4 Å². The van der Waals surface area contributed by atoms with E-state index in [4.69, 9.17) is 0 Å². The van der Waals surface area contributed by atoms with Crippen LogP contribution in [-0.4, -0.2) is 53.8 Å². The normalized spacial score (nSPS) is 17.0. The predicted octanol–water partition coefficient (Wildman–Crippen LogP) is 1.24. The molecule has 7 nitrogen and oxygen atoms in total. The number of aromatic nitrogens is 1. The van der Waals surface area contributed by atoms with Crippen molar-refractivity contribution in [3.05, 3.63) is 40.6 Å². The third-order valence-electron chi connectivity index (χ3n) is 5.09. The van der Waals surface area contributed by atoms with Crippen LogP contribution in [0, 0.1) is 20.8 Å². The quantitative estimate of drug-likeness (QED) is 0.853. The zero-order valence-corrected chi connectivity index (χ0v) is 16.0. The molecular weight excluding hydrogens is 344 g/mol. The molecule has 1 fully saturated rings. The summed E-state index contributed by atoms with van der Waals surface area (Å²) >= 11 is 0. The van der Waals surface area contributed by atoms with Gasteiger partial charge in [0, 0.05) is 31.2 Å². The van der Waals surface area contributed by atoms with Gasteiger partial charge in [-0.1, -0.05) is 11.6 Å². The van der Waals surface area contributed by atoms with Crippen LogP contribution in [-0.2, 0) is 9.59 Å². The maximum absolute atomic E-state index is 13.5. The first-order valence-corrected chi connectivity index (χ1v) is 9.00. The van der Waals surface area contributed by atoms with Crippen LogP contribution >= 0.6 is 0 Å². The van der Waals surface area contributed by atoms with Gasteiger partial charge >= 0.3 is 0 Å². The molecule has 3 amide bonds. The number of carbonyl (C=O) groups is 3. The van der Waals surface area contributed by atoms with Gasteiger partial charge in [-0.15, -0.1) is 0 Å². The molecule has 1 atom stereocenters. The molecule has 0 radical (unpaired) electrons. The van der Waals surface area contributed by atoms with E-state index < -0.39 is 6.04 Å². The first-order valence-electron chi connectivity index (χ1n) is 9.00. The van der Waals surface area contributed by atoms with E-state index in [9.17, 15) is 14.4 Å². The molecule has 3 rings (SSSR count). The van der Waals surface area contributed by atoms with Crippen LogP contribution in [0.1, 0.15) is 33.6 Å². The second-order valence-electron chi connectivity index (χ2n) is 6.90. The van der Waals surface area contributed by atoms with Crippen LogP contribution in [0.5, 0.6) is 0 Å². The number of nitrogens with one attached hydrogen (secondary N) is 2. The summed E-state index contributed by atoms with van der Waals surface area (Å²) in [6, 6.07) is 4.98. The molecule has 1 unspecified atom stereocenters. The fraction of sp³-hybridized carbons (Fsp3) is 0.400. The fourth-order valence-electron chi connectivity index (χ4n) is 3.45. The lowest BCUT2D eigenvalue weighted by molar-refractivity contribution is -0.132. The Morgan fingerprint density at radius 3 is 2.74 bits per heavy atom. The Morgan fingerprint density at radius 2 is 2.04 bits per heavy atom. The summed E-state index contributed by atoms with van der Waals surface area (Å²) in [6.07, 6.45) is -0.0614. The highest BCUT2D eigenvalue weighted by molar-refractivity contribution is 6.09. The minimum absolute atomic E-state index is 0.0614. The standard InChI is InChI=1S/C20H24N4O3/c1-11-5-6-15-14(9-11)18(12(2)13(3)23-15)20(27)24-8-7-22-19(26)16(24)10-17(25)21-4/h5-6,9,16H,7-8,10H2,1-4H3,(H,21,25)(H,22,26). The van der Waals surface area contributed by atoms with E-state index in [-0.39, 0.29) is 24.1 Å². The molecule has 2 aromatic rings. The van der Waals surface area contributed by atoms with E-state index in [1.165, 1.54) is 11.9 Å². The minimum atomic E-state index is -0.820. The second-order valence-corrected chi connectivity index (χ2v) is 6.90. The Morgan fingerprint density at radius 1 is 1.30 bits per heavy atom. The summed E-state index contributed by atoms with van der Waals surface area (Å²) in [5, 5.41) is 6.04. The summed E-state index contributed by atoms with van der Waals surface area (Å²) < 4.78 is 0. The number of piperazine rings is 1. The van der Waals surface area contributed by atoms with Crippen molar-refractivity contribution in [1.29, 1.82) is 0 Å². The van der Waals surface area contributed by atoms with Gasteiger partial charge in [-0.3, -0.25) is 19.4 Å². The Labute approximate surface area is 158 Å². The summed E-state index contributed by atoms with van der Waals surface area (Å²) in [5.41, 5.74) is 3.90. The minimum Gasteiger partial charge on any atom is -0.359 e. The molecule has 0 bridgehead atoms. The van der Waals surface area contributed by atoms with Gasteiger partial charge in [0.1, 0.15) is 6.04 Å². The Bertz CT molecular complexity index is 938. The molecule has 7 heteroatoms. The number of benzene rings is 1. The van der Waals surface area contributed by atoms with E-state index in [1.54, 1.807) is 0 Å². The molecule has 0 spiro atoms. The molecule has 1 aromatic heterocycles. The van der Waals surface area contributed by atoms with Crippen molar-refractivity contribution in [2.24, 2.45) is 0 Å². The van der Waals surface area contributed by atoms with Crippen molar-refractivity contribution >= 4 is 28.6 Å². The van der Waals surface area contributed by atoms with Crippen LogP contribution < -0.4 is 10.6 Å². The molecule has 1 aromatic carbocycles. The van der Waals surface area contributed by atoms with Crippen molar-refractivity contribution in [2.45, 2.75) is 33.2 Å². The van der Waals surface area contributed by atoms with Crippen molar-refractivity contribution in [1.82, 2.24) is 20.5 Å². The molecule has 1 aliphatic heterocycles. The first kappa shape index (κ1) is 18.8. The Hall–Kier alpha value is -2.96. The Balaban J connectivity index is 2.10. The maximum Gasteiger partial charge on any atom is 0.255 e. The lowest BCUT2D eigenvalue weighted by Gasteiger charge is -2.35. The molecule has 0 saturated carbocycles. The highest BCUT2D eigenvalue weighted by Gasteiger charge is 2.36. The molecular formula is C20H24N4O3. The largest absolute Gasteiger partial charge is 0.359 e. The lowest BCUT2D eigenvalue weighted by atomic mass is 9.97. The van der Waals surface area contributed by atoms with Gasteiger partial charge in [0.15, 0.2) is 0 Å². The fourth-order valence-corrected chi connectivity index (χ4v) is 3.45. The summed E-state index contributed by atoms with van der Waals surface area (Å²) in [5.74, 6) is -0.822. The van der Waals surface area contributed by atoms with Gasteiger partial charge in [0.05, 0.1) is 17.5 Å². The third-order valence-corrected chi connectivity index (χ3v) is 5.09. The average molecular weight is 368 g/mol. The first-order chi connectivity index (χ1) is 12.8. The van der Waals surface area contributed by atoms with Gasteiger partial charge in [-0.05, 0) is 38.5 Å². The Kier molecular flexibility index (Phi) is 5.12. The van der Waals surface area contributed by atoms with Crippen LogP contribution in [0.4, 0.5) is 0 Å². The molecule has 1 aliphatic rings. The third kappa shape index (κ3) is 3.49. The van der Waals surface area contributed by atoms with E-state index in [2.05, 4.69) is 15.6 Å². The number of rotatable bonds is 3. The number of pyridine rings is 1. The maximum atomic E-state index is 13.5. The van der Waals surface area contributed by atoms with Gasteiger partial charge in [0.2, 0.25) is 11.8 Å². The lowest BCUT2D eigenvalue weighted by Crippen LogP contribution is -2.58. The number of amides is 3. The number of fused-ring (bicyclic) bond motifs is 1. The van der Waals surface area contributed by atoms with Crippen LogP contribution in [0.15, 0.2) is 18.2 Å². The molecule has 2 heterocycles. The van der Waals surface area contributed by atoms with Gasteiger partial charge in [-0.25, -0.2) is 0 Å². The number of hydrogen-bond acceptors (Lipinski definition) is 4. The monoisotopic (exact) mass is 368 g/mol. The summed E-state index contributed by atoms with van der Waals surface area (Å²) in [7, 11) is 1.52. The number of carbonyl (C=O) groups excluding carboxylic acids is 3. The molecule has 1 saturated heterocycles. The molecule has 27 heavy (non-hydrogen) atoms. The SMILES string of the molecule is CNC(=O)CC1C(=O)NCCN1C(=O)c1c(C)c(C)nc2ccc(C)cc12. The summed E-state index contributed by atoms with van der Waals surface area (Å²) in [6.45, 7) is 6.44. The molecule has 2 N–H and O–H groups in total. The average Bonchev–Trinajstić information content (AvgIpc) is 2.64. The number of hydrogen-bond donors (Lipinski definition) is 2. The zero-order valence-electron chi connectivity index (χ0n) is 16.0. The van der Waals surface area contributed by atoms with Crippen molar-refractivity contribution in [3.63, 3.8) is 0 Å². The van der Waals surface area contributed by atoms with Gasteiger partial charge in [0.25, 0.3) is 5.91 Å². The van der Waals surface area contributed by atoms with E-state index in [1.807, 2.05) is 39.0 Å². The highest BCUT2D eigenvalue weighted by atomic mass is 16.2. The zero-order chi connectivity index (χ0) is 19.7. The summed E-state index contributed by atoms with van der Waals surface area (Å²) in [4.78, 5) is 43.8. The molecule has 142 valence electrons. The van der Waals surface area contributed by atoms with Crippen molar-refractivity contribution in [2.75, 3.05) is 20.1 Å². The highest BCUT2D eigenvalue weighted by Crippen LogP contribution is 2.27. The van der Waals surface area contributed by atoms with Crippen molar-refractivity contribution in [3.8, 4) is 0 Å². The predicted molar refractivity (Wildman–Crippen MR) is 102 cm³/mol. The van der Waals surface area contributed by atoms with Crippen LogP contribution in [0.25, 0.3) is 10.9 Å². The second kappa shape index (κ2) is 7.34.